The first-order valence-electron chi connectivity index (χ1n) is 7.31. The molecule has 120 valence electrons. The number of amides is 1. The van der Waals surface area contributed by atoms with Crippen molar-refractivity contribution in [2.45, 2.75) is 33.2 Å². The fraction of sp³-hybridized carbons (Fsp3) is 0.929. The number of carbonyl (C=O) groups excluding carboxylic acids is 1. The van der Waals surface area contributed by atoms with Crippen LogP contribution in [-0.4, -0.2) is 61.0 Å². The van der Waals surface area contributed by atoms with E-state index in [2.05, 4.69) is 35.9 Å². The second-order valence-corrected chi connectivity index (χ2v) is 6.15. The minimum atomic E-state index is 0. The summed E-state index contributed by atoms with van der Waals surface area (Å²) in [6.45, 7) is 12.5. The molecule has 2 aliphatic heterocycles. The van der Waals surface area contributed by atoms with Gasteiger partial charge in [0.1, 0.15) is 0 Å². The Morgan fingerprint density at radius 3 is 2.10 bits per heavy atom. The third-order valence-corrected chi connectivity index (χ3v) is 4.24. The molecule has 4 nitrogen and oxygen atoms in total. The molecular weight excluding hydrogens is 297 g/mol. The first kappa shape index (κ1) is 20.0. The van der Waals surface area contributed by atoms with Crippen molar-refractivity contribution in [2.75, 3.05) is 39.3 Å². The molecule has 3 atom stereocenters. The Kier molecular flexibility index (Phi) is 9.07. The van der Waals surface area contributed by atoms with Crippen LogP contribution in [0.15, 0.2) is 0 Å². The topological polar surface area (TPSA) is 35.6 Å². The molecule has 0 aliphatic carbocycles. The lowest BCUT2D eigenvalue weighted by atomic mass is 9.91. The third-order valence-electron chi connectivity index (χ3n) is 4.24. The van der Waals surface area contributed by atoms with Crippen molar-refractivity contribution in [1.82, 2.24) is 15.1 Å². The molecular formula is C14H29Cl2N3O. The first-order chi connectivity index (χ1) is 8.58. The van der Waals surface area contributed by atoms with E-state index in [4.69, 9.17) is 0 Å². The van der Waals surface area contributed by atoms with Gasteiger partial charge in [0.25, 0.3) is 0 Å². The number of hydrogen-bond donors (Lipinski definition) is 1. The highest BCUT2D eigenvalue weighted by Gasteiger charge is 2.31. The predicted octanol–water partition coefficient (Wildman–Crippen LogP) is 1.63. The monoisotopic (exact) mass is 325 g/mol. The van der Waals surface area contributed by atoms with Crippen LogP contribution >= 0.6 is 24.8 Å². The van der Waals surface area contributed by atoms with Crippen LogP contribution in [0.25, 0.3) is 0 Å². The van der Waals surface area contributed by atoms with Crippen LogP contribution in [0.1, 0.15) is 27.2 Å². The fourth-order valence-corrected chi connectivity index (χ4v) is 3.33. The predicted molar refractivity (Wildman–Crippen MR) is 87.9 cm³/mol. The van der Waals surface area contributed by atoms with Crippen LogP contribution in [0.3, 0.4) is 0 Å². The number of piperazine rings is 1. The number of halogens is 2. The lowest BCUT2D eigenvalue weighted by molar-refractivity contribution is -0.139. The molecule has 2 heterocycles. The van der Waals surface area contributed by atoms with E-state index in [0.29, 0.717) is 17.7 Å². The number of nitrogens with zero attached hydrogens (tertiary/aromatic N) is 2. The molecule has 1 N–H and O–H groups in total. The van der Waals surface area contributed by atoms with Gasteiger partial charge in [-0.3, -0.25) is 9.69 Å². The Balaban J connectivity index is 0.00000180. The zero-order valence-electron chi connectivity index (χ0n) is 12.8. The van der Waals surface area contributed by atoms with E-state index in [1.807, 2.05) is 0 Å². The fourth-order valence-electron chi connectivity index (χ4n) is 3.33. The SMILES string of the molecule is CC1CC(C)CN(C(=O)C(C)N2CCNCC2)C1.Cl.Cl. The average Bonchev–Trinajstić information content (AvgIpc) is 2.37. The summed E-state index contributed by atoms with van der Waals surface area (Å²) in [6, 6.07) is 0.0459. The summed E-state index contributed by atoms with van der Waals surface area (Å²) in [7, 11) is 0. The van der Waals surface area contributed by atoms with Gasteiger partial charge < -0.3 is 10.2 Å². The molecule has 0 aromatic rings. The minimum Gasteiger partial charge on any atom is -0.341 e. The summed E-state index contributed by atoms with van der Waals surface area (Å²) >= 11 is 0. The molecule has 0 aromatic heterocycles. The highest BCUT2D eigenvalue weighted by atomic mass is 35.5. The lowest BCUT2D eigenvalue weighted by Crippen LogP contribution is -2.55. The number of carbonyl (C=O) groups is 1. The molecule has 1 amide bonds. The second kappa shape index (κ2) is 9.08. The molecule has 0 bridgehead atoms. The van der Waals surface area contributed by atoms with Gasteiger partial charge in [-0.2, -0.15) is 0 Å². The van der Waals surface area contributed by atoms with Gasteiger partial charge in [0.05, 0.1) is 6.04 Å². The summed E-state index contributed by atoms with van der Waals surface area (Å²) in [4.78, 5) is 16.9. The van der Waals surface area contributed by atoms with Gasteiger partial charge in [-0.05, 0) is 25.2 Å². The average molecular weight is 326 g/mol. The maximum atomic E-state index is 12.6. The van der Waals surface area contributed by atoms with Crippen molar-refractivity contribution in [3.8, 4) is 0 Å². The Bertz CT molecular complexity index is 288. The Morgan fingerprint density at radius 1 is 1.10 bits per heavy atom. The second-order valence-electron chi connectivity index (χ2n) is 6.15. The molecule has 6 heteroatoms. The van der Waals surface area contributed by atoms with Crippen LogP contribution in [0, 0.1) is 11.8 Å². The maximum Gasteiger partial charge on any atom is 0.239 e. The van der Waals surface area contributed by atoms with Crippen molar-refractivity contribution in [1.29, 1.82) is 0 Å². The summed E-state index contributed by atoms with van der Waals surface area (Å²) in [5, 5.41) is 3.34. The van der Waals surface area contributed by atoms with Crippen LogP contribution in [0.4, 0.5) is 0 Å². The third kappa shape index (κ3) is 5.06. The smallest absolute Gasteiger partial charge is 0.239 e. The minimum absolute atomic E-state index is 0. The zero-order valence-corrected chi connectivity index (χ0v) is 14.4. The summed E-state index contributed by atoms with van der Waals surface area (Å²) in [5.41, 5.74) is 0. The Hall–Kier alpha value is -0.0300. The maximum absolute atomic E-state index is 12.6. The van der Waals surface area contributed by atoms with Crippen molar-refractivity contribution in [3.63, 3.8) is 0 Å². The van der Waals surface area contributed by atoms with Crippen molar-refractivity contribution < 1.29 is 4.79 Å². The van der Waals surface area contributed by atoms with E-state index >= 15 is 0 Å². The molecule has 0 radical (unpaired) electrons. The van der Waals surface area contributed by atoms with Crippen LogP contribution in [0.2, 0.25) is 0 Å². The van der Waals surface area contributed by atoms with Crippen molar-refractivity contribution >= 4 is 30.7 Å². The molecule has 2 aliphatic rings. The quantitative estimate of drug-likeness (QED) is 0.838. The van der Waals surface area contributed by atoms with Crippen molar-refractivity contribution in [2.24, 2.45) is 11.8 Å². The van der Waals surface area contributed by atoms with E-state index in [1.54, 1.807) is 0 Å². The van der Waals surface area contributed by atoms with Gasteiger partial charge in [0, 0.05) is 39.3 Å². The van der Waals surface area contributed by atoms with Gasteiger partial charge >= 0.3 is 0 Å². The number of likely N-dealkylation sites (tertiary alicyclic amines) is 1. The summed E-state index contributed by atoms with van der Waals surface area (Å²) in [5.74, 6) is 1.62. The Morgan fingerprint density at radius 2 is 1.60 bits per heavy atom. The standard InChI is InChI=1S/C14H27N3O.2ClH/c1-11-8-12(2)10-17(9-11)14(18)13(3)16-6-4-15-5-7-16;;/h11-13,15H,4-10H2,1-3H3;2*1H. The summed E-state index contributed by atoms with van der Waals surface area (Å²) in [6.07, 6.45) is 1.26. The Labute approximate surface area is 135 Å². The van der Waals surface area contributed by atoms with Gasteiger partial charge in [-0.15, -0.1) is 24.8 Å². The van der Waals surface area contributed by atoms with Crippen LogP contribution in [0.5, 0.6) is 0 Å². The molecule has 2 saturated heterocycles. The lowest BCUT2D eigenvalue weighted by Gasteiger charge is -2.39. The highest BCUT2D eigenvalue weighted by molar-refractivity contribution is 5.85. The number of hydrogen-bond acceptors (Lipinski definition) is 3. The first-order valence-corrected chi connectivity index (χ1v) is 7.31. The van der Waals surface area contributed by atoms with Gasteiger partial charge in [-0.1, -0.05) is 13.8 Å². The number of rotatable bonds is 2. The van der Waals surface area contributed by atoms with Crippen LogP contribution in [-0.2, 0) is 4.79 Å². The zero-order chi connectivity index (χ0) is 13.1. The molecule has 20 heavy (non-hydrogen) atoms. The van der Waals surface area contributed by atoms with E-state index in [1.165, 1.54) is 6.42 Å². The van der Waals surface area contributed by atoms with E-state index in [-0.39, 0.29) is 30.9 Å². The van der Waals surface area contributed by atoms with Gasteiger partial charge in [0.2, 0.25) is 5.91 Å². The highest BCUT2D eigenvalue weighted by Crippen LogP contribution is 2.22. The largest absolute Gasteiger partial charge is 0.341 e. The molecule has 0 aromatic carbocycles. The number of nitrogens with one attached hydrogen (secondary N) is 1. The molecule has 0 saturated carbocycles. The summed E-state index contributed by atoms with van der Waals surface area (Å²) < 4.78 is 0. The van der Waals surface area contributed by atoms with Gasteiger partial charge in [-0.25, -0.2) is 0 Å². The van der Waals surface area contributed by atoms with Gasteiger partial charge in [0.15, 0.2) is 0 Å². The van der Waals surface area contributed by atoms with E-state index in [0.717, 1.165) is 39.3 Å². The normalized spacial score (nSPS) is 29.1. The molecule has 3 unspecified atom stereocenters. The van der Waals surface area contributed by atoms with E-state index in [9.17, 15) is 4.79 Å². The molecule has 2 fully saturated rings. The molecule has 0 spiro atoms. The van der Waals surface area contributed by atoms with Crippen LogP contribution < -0.4 is 5.32 Å². The van der Waals surface area contributed by atoms with E-state index < -0.39 is 0 Å². The van der Waals surface area contributed by atoms with Crippen molar-refractivity contribution in [3.05, 3.63) is 0 Å². The molecule has 2 rings (SSSR count). The number of piperidine rings is 1.